The van der Waals surface area contributed by atoms with Gasteiger partial charge in [0.05, 0.1) is 12.0 Å². The van der Waals surface area contributed by atoms with Crippen LogP contribution in [-0.2, 0) is 4.79 Å². The molecule has 0 spiro atoms. The third-order valence-electron chi connectivity index (χ3n) is 2.49. The first-order valence-corrected chi connectivity index (χ1v) is 8.76. The largest absolute Gasteiger partial charge is 0.481 e. The van der Waals surface area contributed by atoms with Gasteiger partial charge in [0.1, 0.15) is 0 Å². The highest BCUT2D eigenvalue weighted by molar-refractivity contribution is 14.1. The smallest absolute Gasteiger partial charge is 0.305 e. The van der Waals surface area contributed by atoms with Gasteiger partial charge < -0.3 is 10.0 Å². The molecule has 1 rings (SSSR count). The SMILES string of the molecule is CCN(CCC(=O)O)C(=O)c1cc(I)cc(I)c1I. The van der Waals surface area contributed by atoms with E-state index in [1.54, 1.807) is 4.90 Å². The quantitative estimate of drug-likeness (QED) is 0.418. The van der Waals surface area contributed by atoms with Gasteiger partial charge in [-0.3, -0.25) is 9.59 Å². The Bertz CT molecular complexity index is 505. The predicted octanol–water partition coefficient (Wildman–Crippen LogP) is 3.44. The van der Waals surface area contributed by atoms with Crippen molar-refractivity contribution in [1.82, 2.24) is 4.90 Å². The lowest BCUT2D eigenvalue weighted by atomic mass is 10.2. The zero-order chi connectivity index (χ0) is 14.6. The van der Waals surface area contributed by atoms with E-state index >= 15 is 0 Å². The molecule has 19 heavy (non-hydrogen) atoms. The summed E-state index contributed by atoms with van der Waals surface area (Å²) in [5.41, 5.74) is 0.643. The minimum absolute atomic E-state index is 0.0306. The Morgan fingerprint density at radius 3 is 2.42 bits per heavy atom. The van der Waals surface area contributed by atoms with Crippen molar-refractivity contribution >= 4 is 79.6 Å². The van der Waals surface area contributed by atoms with Crippen molar-refractivity contribution in [2.24, 2.45) is 0 Å². The Balaban J connectivity index is 3.00. The molecular formula is C12H12I3NO3. The van der Waals surface area contributed by atoms with Crippen LogP contribution in [0.3, 0.4) is 0 Å². The van der Waals surface area contributed by atoms with Crippen LogP contribution in [0.2, 0.25) is 0 Å². The van der Waals surface area contributed by atoms with Gasteiger partial charge in [-0.05, 0) is 86.8 Å². The minimum atomic E-state index is -0.891. The van der Waals surface area contributed by atoms with E-state index in [1.807, 2.05) is 19.1 Å². The number of benzene rings is 1. The summed E-state index contributed by atoms with van der Waals surface area (Å²) in [6.45, 7) is 2.60. The fourth-order valence-corrected chi connectivity index (χ4v) is 3.90. The molecule has 0 radical (unpaired) electrons. The first-order chi connectivity index (χ1) is 8.86. The Labute approximate surface area is 152 Å². The summed E-state index contributed by atoms with van der Waals surface area (Å²) >= 11 is 6.53. The summed E-state index contributed by atoms with van der Waals surface area (Å²) in [6.07, 6.45) is -0.0306. The second kappa shape index (κ2) is 7.96. The van der Waals surface area contributed by atoms with Gasteiger partial charge in [0.25, 0.3) is 5.91 Å². The normalized spacial score (nSPS) is 10.3. The van der Waals surface area contributed by atoms with Crippen LogP contribution in [-0.4, -0.2) is 35.0 Å². The number of nitrogens with zero attached hydrogens (tertiary/aromatic N) is 1. The highest BCUT2D eigenvalue weighted by Crippen LogP contribution is 2.24. The Morgan fingerprint density at radius 1 is 1.26 bits per heavy atom. The molecule has 0 aliphatic rings. The molecule has 4 nitrogen and oxygen atoms in total. The fourth-order valence-electron chi connectivity index (χ4n) is 1.52. The second-order valence-corrected chi connectivity index (χ2v) is 7.26. The summed E-state index contributed by atoms with van der Waals surface area (Å²) < 4.78 is 2.94. The lowest BCUT2D eigenvalue weighted by molar-refractivity contribution is -0.137. The molecular weight excluding hydrogens is 587 g/mol. The summed E-state index contributed by atoms with van der Waals surface area (Å²) in [4.78, 5) is 24.6. The Morgan fingerprint density at radius 2 is 1.89 bits per heavy atom. The second-order valence-electron chi connectivity index (χ2n) is 3.78. The number of carbonyl (C=O) groups excluding carboxylic acids is 1. The number of hydrogen-bond donors (Lipinski definition) is 1. The number of aliphatic carboxylic acids is 1. The van der Waals surface area contributed by atoms with Gasteiger partial charge in [-0.25, -0.2) is 0 Å². The third kappa shape index (κ3) is 4.99. The highest BCUT2D eigenvalue weighted by Gasteiger charge is 2.19. The van der Waals surface area contributed by atoms with E-state index in [-0.39, 0.29) is 18.9 Å². The van der Waals surface area contributed by atoms with E-state index in [0.717, 1.165) is 10.7 Å². The van der Waals surface area contributed by atoms with Gasteiger partial charge in [0.15, 0.2) is 0 Å². The van der Waals surface area contributed by atoms with Crippen LogP contribution in [0, 0.1) is 10.7 Å². The lowest BCUT2D eigenvalue weighted by Gasteiger charge is -2.21. The van der Waals surface area contributed by atoms with Crippen LogP contribution < -0.4 is 0 Å². The standard InChI is InChI=1S/C12H12I3NO3/c1-2-16(4-3-10(17)18)12(19)8-5-7(13)6-9(14)11(8)15/h5-6H,2-4H2,1H3,(H,17,18). The number of halogens is 3. The molecule has 0 unspecified atom stereocenters. The van der Waals surface area contributed by atoms with Crippen molar-refractivity contribution in [2.45, 2.75) is 13.3 Å². The van der Waals surface area contributed by atoms with Crippen molar-refractivity contribution in [1.29, 1.82) is 0 Å². The van der Waals surface area contributed by atoms with Crippen LogP contribution in [0.15, 0.2) is 12.1 Å². The van der Waals surface area contributed by atoms with Crippen molar-refractivity contribution in [3.8, 4) is 0 Å². The molecule has 0 saturated carbocycles. The van der Waals surface area contributed by atoms with Gasteiger partial charge in [0.2, 0.25) is 0 Å². The van der Waals surface area contributed by atoms with E-state index in [1.165, 1.54) is 0 Å². The number of carbonyl (C=O) groups is 2. The number of hydrogen-bond acceptors (Lipinski definition) is 2. The molecule has 0 aromatic heterocycles. The summed E-state index contributed by atoms with van der Waals surface area (Å²) in [5.74, 6) is -0.997. The molecule has 7 heteroatoms. The molecule has 0 heterocycles. The molecule has 0 aliphatic carbocycles. The van der Waals surface area contributed by atoms with E-state index < -0.39 is 5.97 Å². The Kier molecular flexibility index (Phi) is 7.29. The minimum Gasteiger partial charge on any atom is -0.481 e. The maximum atomic E-state index is 12.4. The maximum absolute atomic E-state index is 12.4. The molecule has 0 fully saturated rings. The van der Waals surface area contributed by atoms with Gasteiger partial charge in [-0.1, -0.05) is 0 Å². The van der Waals surface area contributed by atoms with E-state index in [0.29, 0.717) is 12.1 Å². The molecule has 0 saturated heterocycles. The monoisotopic (exact) mass is 599 g/mol. The zero-order valence-electron chi connectivity index (χ0n) is 10.1. The molecule has 0 bridgehead atoms. The molecule has 1 N–H and O–H groups in total. The molecule has 1 aromatic rings. The predicted molar refractivity (Wildman–Crippen MR) is 98.4 cm³/mol. The van der Waals surface area contributed by atoms with E-state index in [9.17, 15) is 9.59 Å². The van der Waals surface area contributed by atoms with Crippen LogP contribution in [0.4, 0.5) is 0 Å². The molecule has 1 aromatic carbocycles. The molecule has 0 atom stereocenters. The summed E-state index contributed by atoms with van der Waals surface area (Å²) in [7, 11) is 0. The van der Waals surface area contributed by atoms with Crippen molar-refractivity contribution in [3.63, 3.8) is 0 Å². The number of carboxylic acids is 1. The van der Waals surface area contributed by atoms with Gasteiger partial charge in [-0.2, -0.15) is 0 Å². The van der Waals surface area contributed by atoms with Crippen LogP contribution >= 0.6 is 67.8 Å². The summed E-state index contributed by atoms with van der Waals surface area (Å²) in [6, 6.07) is 3.85. The van der Waals surface area contributed by atoms with Crippen LogP contribution in [0.1, 0.15) is 23.7 Å². The Hall–Kier alpha value is 0.350. The fraction of sp³-hybridized carbons (Fsp3) is 0.333. The number of amides is 1. The molecule has 0 aliphatic heterocycles. The molecule has 104 valence electrons. The summed E-state index contributed by atoms with van der Waals surface area (Å²) in [5, 5.41) is 8.71. The zero-order valence-corrected chi connectivity index (χ0v) is 16.6. The van der Waals surface area contributed by atoms with Crippen molar-refractivity contribution in [3.05, 3.63) is 28.4 Å². The highest BCUT2D eigenvalue weighted by atomic mass is 127. The van der Waals surface area contributed by atoms with E-state index in [2.05, 4.69) is 67.8 Å². The maximum Gasteiger partial charge on any atom is 0.305 e. The average molecular weight is 599 g/mol. The van der Waals surface area contributed by atoms with Crippen LogP contribution in [0.25, 0.3) is 0 Å². The first-order valence-electron chi connectivity index (χ1n) is 5.52. The third-order valence-corrected chi connectivity index (χ3v) is 6.16. The van der Waals surface area contributed by atoms with Gasteiger partial charge in [0, 0.05) is 23.8 Å². The average Bonchev–Trinajstić information content (AvgIpc) is 2.33. The lowest BCUT2D eigenvalue weighted by Crippen LogP contribution is -2.33. The number of rotatable bonds is 5. The number of carboxylic acid groups (broad SMARTS) is 1. The molecule has 1 amide bonds. The van der Waals surface area contributed by atoms with Gasteiger partial charge >= 0.3 is 5.97 Å². The van der Waals surface area contributed by atoms with E-state index in [4.69, 9.17) is 5.11 Å². The topological polar surface area (TPSA) is 57.6 Å². The van der Waals surface area contributed by atoms with Crippen molar-refractivity contribution in [2.75, 3.05) is 13.1 Å². The first kappa shape index (κ1) is 17.4. The van der Waals surface area contributed by atoms with Gasteiger partial charge in [-0.15, -0.1) is 0 Å². The van der Waals surface area contributed by atoms with Crippen LogP contribution in [0.5, 0.6) is 0 Å². The van der Waals surface area contributed by atoms with Crippen molar-refractivity contribution < 1.29 is 14.7 Å².